The molecule has 1 saturated heterocycles. The molecule has 1 fully saturated rings. The molecule has 1 rings (SSSR count). The summed E-state index contributed by atoms with van der Waals surface area (Å²) in [5.41, 5.74) is 0. The monoisotopic (exact) mass is 240 g/mol. The average molecular weight is 240 g/mol. The van der Waals surface area contributed by atoms with E-state index in [-0.39, 0.29) is 11.9 Å². The van der Waals surface area contributed by atoms with Crippen LogP contribution in [0.1, 0.15) is 40.0 Å². The Balaban J connectivity index is 2.46. The van der Waals surface area contributed by atoms with Gasteiger partial charge in [0.25, 0.3) is 0 Å². The van der Waals surface area contributed by atoms with Crippen LogP contribution in [0.15, 0.2) is 0 Å². The number of nitrogens with zero attached hydrogens (tertiary/aromatic N) is 2. The largest absolute Gasteiger partial charge is 0.325 e. The SMILES string of the molecule is CCC(=O)C1CCN(C(=O)N(CC)CC)CC1. The Bertz CT molecular complexity index is 267. The van der Waals surface area contributed by atoms with Gasteiger partial charge in [-0.25, -0.2) is 4.79 Å². The second kappa shape index (κ2) is 6.62. The lowest BCUT2D eigenvalue weighted by Gasteiger charge is -2.34. The second-order valence-electron chi connectivity index (χ2n) is 4.54. The lowest BCUT2D eigenvalue weighted by atomic mass is 9.91. The molecular formula is C13H24N2O2. The van der Waals surface area contributed by atoms with Gasteiger partial charge in [-0.05, 0) is 26.7 Å². The van der Waals surface area contributed by atoms with Crippen LogP contribution < -0.4 is 0 Å². The number of hydrogen-bond acceptors (Lipinski definition) is 2. The fourth-order valence-corrected chi connectivity index (χ4v) is 2.38. The Morgan fingerprint density at radius 2 is 1.65 bits per heavy atom. The molecule has 0 aromatic carbocycles. The molecule has 0 aromatic heterocycles. The third-order valence-electron chi connectivity index (χ3n) is 3.60. The lowest BCUT2D eigenvalue weighted by molar-refractivity contribution is -0.123. The number of likely N-dealkylation sites (tertiary alicyclic amines) is 1. The third kappa shape index (κ3) is 3.45. The fourth-order valence-electron chi connectivity index (χ4n) is 2.38. The zero-order valence-electron chi connectivity index (χ0n) is 11.2. The molecule has 0 atom stereocenters. The normalized spacial score (nSPS) is 17.0. The van der Waals surface area contributed by atoms with Crippen LogP contribution >= 0.6 is 0 Å². The number of hydrogen-bond donors (Lipinski definition) is 0. The molecule has 0 radical (unpaired) electrons. The van der Waals surface area contributed by atoms with Gasteiger partial charge in [0, 0.05) is 38.5 Å². The van der Waals surface area contributed by atoms with Crippen molar-refractivity contribution < 1.29 is 9.59 Å². The molecule has 1 aliphatic heterocycles. The summed E-state index contributed by atoms with van der Waals surface area (Å²) in [5.74, 6) is 0.528. The maximum atomic E-state index is 12.1. The van der Waals surface area contributed by atoms with E-state index < -0.39 is 0 Å². The van der Waals surface area contributed by atoms with Gasteiger partial charge in [-0.1, -0.05) is 6.92 Å². The van der Waals surface area contributed by atoms with Crippen molar-refractivity contribution in [2.24, 2.45) is 5.92 Å². The minimum atomic E-state index is 0.123. The smallest absolute Gasteiger partial charge is 0.319 e. The minimum Gasteiger partial charge on any atom is -0.325 e. The van der Waals surface area contributed by atoms with Crippen LogP contribution in [0.2, 0.25) is 0 Å². The third-order valence-corrected chi connectivity index (χ3v) is 3.60. The highest BCUT2D eigenvalue weighted by atomic mass is 16.2. The summed E-state index contributed by atoms with van der Waals surface area (Å²) in [6, 6.07) is 0.123. The summed E-state index contributed by atoms with van der Waals surface area (Å²) >= 11 is 0. The zero-order valence-corrected chi connectivity index (χ0v) is 11.2. The summed E-state index contributed by atoms with van der Waals surface area (Å²) in [5, 5.41) is 0. The predicted octanol–water partition coefficient (Wildman–Crippen LogP) is 2.14. The first-order valence-corrected chi connectivity index (χ1v) is 6.70. The molecule has 98 valence electrons. The van der Waals surface area contributed by atoms with Gasteiger partial charge in [0.2, 0.25) is 0 Å². The number of carbonyl (C=O) groups is 2. The first kappa shape index (κ1) is 14.0. The van der Waals surface area contributed by atoms with Crippen molar-refractivity contribution in [1.29, 1.82) is 0 Å². The molecule has 0 N–H and O–H groups in total. The van der Waals surface area contributed by atoms with Gasteiger partial charge < -0.3 is 9.80 Å². The number of rotatable bonds is 4. The molecule has 2 amide bonds. The first-order valence-electron chi connectivity index (χ1n) is 6.70. The van der Waals surface area contributed by atoms with E-state index in [9.17, 15) is 9.59 Å². The highest BCUT2D eigenvalue weighted by Gasteiger charge is 2.27. The maximum Gasteiger partial charge on any atom is 0.319 e. The molecule has 0 aliphatic carbocycles. The van der Waals surface area contributed by atoms with E-state index in [0.717, 1.165) is 39.0 Å². The van der Waals surface area contributed by atoms with Crippen molar-refractivity contribution in [3.63, 3.8) is 0 Å². The molecule has 0 bridgehead atoms. The van der Waals surface area contributed by atoms with Gasteiger partial charge >= 0.3 is 6.03 Å². The number of Topliss-reactive ketones (excluding diaryl/α,β-unsaturated/α-hetero) is 1. The Morgan fingerprint density at radius 1 is 1.12 bits per heavy atom. The van der Waals surface area contributed by atoms with Crippen molar-refractivity contribution >= 4 is 11.8 Å². The van der Waals surface area contributed by atoms with Crippen LogP contribution in [0.5, 0.6) is 0 Å². The number of urea groups is 1. The average Bonchev–Trinajstić information content (AvgIpc) is 2.39. The molecule has 0 unspecified atom stereocenters. The van der Waals surface area contributed by atoms with Gasteiger partial charge in [-0.3, -0.25) is 4.79 Å². The maximum absolute atomic E-state index is 12.1. The Labute approximate surface area is 104 Å². The van der Waals surface area contributed by atoms with Crippen LogP contribution in [0.4, 0.5) is 4.79 Å². The molecular weight excluding hydrogens is 216 g/mol. The van der Waals surface area contributed by atoms with Crippen molar-refractivity contribution in [3.05, 3.63) is 0 Å². The predicted molar refractivity (Wildman–Crippen MR) is 67.9 cm³/mol. The Hall–Kier alpha value is -1.06. The summed E-state index contributed by atoms with van der Waals surface area (Å²) in [6.45, 7) is 8.86. The molecule has 0 saturated carbocycles. The molecule has 0 spiro atoms. The fraction of sp³-hybridized carbons (Fsp3) is 0.846. The molecule has 1 heterocycles. The standard InChI is InChI=1S/C13H24N2O2/c1-4-12(16)11-7-9-15(10-8-11)13(17)14(5-2)6-3/h11H,4-10H2,1-3H3. The van der Waals surface area contributed by atoms with Crippen LogP contribution in [-0.2, 0) is 4.79 Å². The zero-order chi connectivity index (χ0) is 12.8. The van der Waals surface area contributed by atoms with Gasteiger partial charge in [-0.15, -0.1) is 0 Å². The van der Waals surface area contributed by atoms with Crippen molar-refractivity contribution in [1.82, 2.24) is 9.80 Å². The van der Waals surface area contributed by atoms with E-state index in [1.54, 1.807) is 0 Å². The number of carbonyl (C=O) groups excluding carboxylic acids is 2. The minimum absolute atomic E-state index is 0.123. The first-order chi connectivity index (χ1) is 8.13. The molecule has 1 aliphatic rings. The van der Waals surface area contributed by atoms with Gasteiger partial charge in [0.05, 0.1) is 0 Å². The van der Waals surface area contributed by atoms with E-state index in [4.69, 9.17) is 0 Å². The Kier molecular flexibility index (Phi) is 5.45. The summed E-state index contributed by atoms with van der Waals surface area (Å²) in [4.78, 5) is 27.4. The molecule has 4 nitrogen and oxygen atoms in total. The molecule has 17 heavy (non-hydrogen) atoms. The lowest BCUT2D eigenvalue weighted by Crippen LogP contribution is -2.47. The van der Waals surface area contributed by atoms with E-state index in [0.29, 0.717) is 12.2 Å². The van der Waals surface area contributed by atoms with Crippen molar-refractivity contribution in [3.8, 4) is 0 Å². The van der Waals surface area contributed by atoms with Gasteiger partial charge in [0.1, 0.15) is 5.78 Å². The number of amides is 2. The number of ketones is 1. The van der Waals surface area contributed by atoms with Crippen LogP contribution in [0, 0.1) is 5.92 Å². The van der Waals surface area contributed by atoms with Crippen molar-refractivity contribution in [2.45, 2.75) is 40.0 Å². The van der Waals surface area contributed by atoms with Crippen LogP contribution in [-0.4, -0.2) is 47.8 Å². The Morgan fingerprint density at radius 3 is 2.06 bits per heavy atom. The molecule has 0 aromatic rings. The van der Waals surface area contributed by atoms with Crippen molar-refractivity contribution in [2.75, 3.05) is 26.2 Å². The van der Waals surface area contributed by atoms with E-state index in [2.05, 4.69) is 0 Å². The highest BCUT2D eigenvalue weighted by Crippen LogP contribution is 2.20. The summed E-state index contributed by atoms with van der Waals surface area (Å²) < 4.78 is 0. The van der Waals surface area contributed by atoms with E-state index in [1.165, 1.54) is 0 Å². The summed E-state index contributed by atoms with van der Waals surface area (Å²) in [7, 11) is 0. The van der Waals surface area contributed by atoms with Gasteiger partial charge in [0.15, 0.2) is 0 Å². The quantitative estimate of drug-likeness (QED) is 0.755. The topological polar surface area (TPSA) is 40.6 Å². The highest BCUT2D eigenvalue weighted by molar-refractivity contribution is 5.81. The second-order valence-corrected chi connectivity index (χ2v) is 4.54. The van der Waals surface area contributed by atoms with E-state index in [1.807, 2.05) is 30.6 Å². The molecule has 4 heteroatoms. The van der Waals surface area contributed by atoms with E-state index >= 15 is 0 Å². The number of piperidine rings is 1. The van der Waals surface area contributed by atoms with Crippen LogP contribution in [0.25, 0.3) is 0 Å². The van der Waals surface area contributed by atoms with Gasteiger partial charge in [-0.2, -0.15) is 0 Å². The summed E-state index contributed by atoms with van der Waals surface area (Å²) in [6.07, 6.45) is 2.29. The van der Waals surface area contributed by atoms with Crippen LogP contribution in [0.3, 0.4) is 0 Å².